The SMILES string of the molecule is Cc1cc(Oc2cc(Br)cc(C#N)c2)ccc1Br. The van der Waals surface area contributed by atoms with Crippen molar-refractivity contribution in [3.8, 4) is 17.6 Å². The van der Waals surface area contributed by atoms with Crippen LogP contribution in [0.3, 0.4) is 0 Å². The fourth-order valence-corrected chi connectivity index (χ4v) is 2.22. The van der Waals surface area contributed by atoms with E-state index in [1.165, 1.54) is 0 Å². The molecule has 0 aliphatic rings. The van der Waals surface area contributed by atoms with E-state index in [9.17, 15) is 0 Å². The molecule has 0 atom stereocenters. The lowest BCUT2D eigenvalue weighted by Crippen LogP contribution is -1.87. The molecule has 0 heterocycles. The van der Waals surface area contributed by atoms with Crippen LogP contribution in [0.2, 0.25) is 0 Å². The second-order valence-corrected chi connectivity index (χ2v) is 5.57. The summed E-state index contributed by atoms with van der Waals surface area (Å²) < 4.78 is 7.60. The highest BCUT2D eigenvalue weighted by atomic mass is 79.9. The molecule has 2 nitrogen and oxygen atoms in total. The first-order valence-corrected chi connectivity index (χ1v) is 6.82. The van der Waals surface area contributed by atoms with Crippen molar-refractivity contribution < 1.29 is 4.74 Å². The van der Waals surface area contributed by atoms with Gasteiger partial charge in [0.2, 0.25) is 0 Å². The molecule has 0 fully saturated rings. The third-order valence-electron chi connectivity index (χ3n) is 2.37. The first-order chi connectivity index (χ1) is 8.58. The highest BCUT2D eigenvalue weighted by Gasteiger charge is 2.03. The summed E-state index contributed by atoms with van der Waals surface area (Å²) in [5, 5.41) is 8.90. The molecule has 18 heavy (non-hydrogen) atoms. The van der Waals surface area contributed by atoms with Crippen LogP contribution in [0.15, 0.2) is 45.3 Å². The van der Waals surface area contributed by atoms with Crippen LogP contribution >= 0.6 is 31.9 Å². The molecular formula is C14H9Br2NO. The number of nitrogens with zero attached hydrogens (tertiary/aromatic N) is 1. The Bertz CT molecular complexity index is 632. The van der Waals surface area contributed by atoms with Crippen LogP contribution in [0, 0.1) is 18.3 Å². The molecule has 0 unspecified atom stereocenters. The Morgan fingerprint density at radius 2 is 1.83 bits per heavy atom. The molecule has 0 spiro atoms. The average Bonchev–Trinajstić information content (AvgIpc) is 2.33. The highest BCUT2D eigenvalue weighted by Crippen LogP contribution is 2.28. The molecule has 0 N–H and O–H groups in total. The van der Waals surface area contributed by atoms with Gasteiger partial charge in [0.15, 0.2) is 0 Å². The Kier molecular flexibility index (Phi) is 4.05. The zero-order chi connectivity index (χ0) is 13.1. The van der Waals surface area contributed by atoms with E-state index in [2.05, 4.69) is 37.9 Å². The Morgan fingerprint density at radius 1 is 1.06 bits per heavy atom. The second kappa shape index (κ2) is 5.55. The smallest absolute Gasteiger partial charge is 0.129 e. The lowest BCUT2D eigenvalue weighted by atomic mass is 10.2. The maximum Gasteiger partial charge on any atom is 0.129 e. The molecule has 90 valence electrons. The second-order valence-electron chi connectivity index (χ2n) is 3.80. The Labute approximate surface area is 122 Å². The molecule has 0 saturated heterocycles. The molecule has 2 aromatic rings. The summed E-state index contributed by atoms with van der Waals surface area (Å²) in [4.78, 5) is 0. The maximum atomic E-state index is 8.90. The Hall–Kier alpha value is -1.31. The van der Waals surface area contributed by atoms with Crippen molar-refractivity contribution in [2.45, 2.75) is 6.92 Å². The normalized spacial score (nSPS) is 9.89. The van der Waals surface area contributed by atoms with Crippen molar-refractivity contribution in [2.24, 2.45) is 0 Å². The summed E-state index contributed by atoms with van der Waals surface area (Å²) in [5.74, 6) is 1.39. The first-order valence-electron chi connectivity index (χ1n) is 5.23. The molecule has 0 radical (unpaired) electrons. The van der Waals surface area contributed by atoms with E-state index in [0.717, 1.165) is 20.3 Å². The monoisotopic (exact) mass is 365 g/mol. The van der Waals surface area contributed by atoms with Gasteiger partial charge in [-0.15, -0.1) is 0 Å². The van der Waals surface area contributed by atoms with Gasteiger partial charge in [0.1, 0.15) is 11.5 Å². The van der Waals surface area contributed by atoms with Crippen LogP contribution in [0.25, 0.3) is 0 Å². The summed E-state index contributed by atoms with van der Waals surface area (Å²) >= 11 is 6.80. The lowest BCUT2D eigenvalue weighted by molar-refractivity contribution is 0.481. The summed E-state index contributed by atoms with van der Waals surface area (Å²) in [6, 6.07) is 13.1. The van der Waals surface area contributed by atoms with Crippen molar-refractivity contribution in [1.82, 2.24) is 0 Å². The molecule has 0 aliphatic carbocycles. The van der Waals surface area contributed by atoms with Crippen molar-refractivity contribution in [3.05, 3.63) is 56.5 Å². The third kappa shape index (κ3) is 3.12. The van der Waals surface area contributed by atoms with E-state index >= 15 is 0 Å². The van der Waals surface area contributed by atoms with Crippen LogP contribution in [0.1, 0.15) is 11.1 Å². The van der Waals surface area contributed by atoms with Crippen molar-refractivity contribution >= 4 is 31.9 Å². The number of halogens is 2. The van der Waals surface area contributed by atoms with Gasteiger partial charge in [-0.2, -0.15) is 5.26 Å². The summed E-state index contributed by atoms with van der Waals surface area (Å²) in [7, 11) is 0. The molecule has 0 bridgehead atoms. The summed E-state index contributed by atoms with van der Waals surface area (Å²) in [6.07, 6.45) is 0. The zero-order valence-electron chi connectivity index (χ0n) is 9.58. The third-order valence-corrected chi connectivity index (χ3v) is 3.71. The molecule has 2 rings (SSSR count). The molecule has 0 amide bonds. The fraction of sp³-hybridized carbons (Fsp3) is 0.0714. The van der Waals surface area contributed by atoms with E-state index in [4.69, 9.17) is 10.00 Å². The van der Waals surface area contributed by atoms with E-state index in [1.807, 2.05) is 31.2 Å². The molecule has 2 aromatic carbocycles. The van der Waals surface area contributed by atoms with Crippen molar-refractivity contribution in [2.75, 3.05) is 0 Å². The summed E-state index contributed by atoms with van der Waals surface area (Å²) in [6.45, 7) is 2.00. The Balaban J connectivity index is 2.31. The molecule has 0 aromatic heterocycles. The number of hydrogen-bond acceptors (Lipinski definition) is 2. The predicted octanol–water partition coefficient (Wildman–Crippen LogP) is 5.18. The van der Waals surface area contributed by atoms with E-state index < -0.39 is 0 Å². The van der Waals surface area contributed by atoms with Gasteiger partial charge in [-0.25, -0.2) is 0 Å². The topological polar surface area (TPSA) is 33.0 Å². The molecule has 0 aliphatic heterocycles. The number of ether oxygens (including phenoxy) is 1. The van der Waals surface area contributed by atoms with Crippen molar-refractivity contribution in [3.63, 3.8) is 0 Å². The average molecular weight is 367 g/mol. The minimum absolute atomic E-state index is 0.563. The zero-order valence-corrected chi connectivity index (χ0v) is 12.7. The standard InChI is InChI=1S/C14H9Br2NO/c1-9-4-12(2-3-14(9)16)18-13-6-10(8-17)5-11(15)7-13/h2-7H,1H3. The lowest BCUT2D eigenvalue weighted by Gasteiger charge is -2.08. The van der Waals surface area contributed by atoms with Gasteiger partial charge < -0.3 is 4.74 Å². The minimum atomic E-state index is 0.563. The van der Waals surface area contributed by atoms with Gasteiger partial charge in [-0.3, -0.25) is 0 Å². The number of hydrogen-bond donors (Lipinski definition) is 0. The maximum absolute atomic E-state index is 8.90. The van der Waals surface area contributed by atoms with Crippen LogP contribution in [-0.4, -0.2) is 0 Å². The molecule has 4 heteroatoms. The van der Waals surface area contributed by atoms with Gasteiger partial charge in [0.25, 0.3) is 0 Å². The van der Waals surface area contributed by atoms with Gasteiger partial charge in [-0.1, -0.05) is 31.9 Å². The minimum Gasteiger partial charge on any atom is -0.457 e. The molecular weight excluding hydrogens is 358 g/mol. The Morgan fingerprint density at radius 3 is 2.50 bits per heavy atom. The van der Waals surface area contributed by atoms with E-state index in [0.29, 0.717) is 11.3 Å². The summed E-state index contributed by atoms with van der Waals surface area (Å²) in [5.41, 5.74) is 1.66. The number of aryl methyl sites for hydroxylation is 1. The molecule has 0 saturated carbocycles. The number of benzene rings is 2. The quantitative estimate of drug-likeness (QED) is 0.733. The number of rotatable bonds is 2. The number of nitriles is 1. The van der Waals surface area contributed by atoms with Crippen LogP contribution < -0.4 is 4.74 Å². The van der Waals surface area contributed by atoms with Gasteiger partial charge in [-0.05, 0) is 48.9 Å². The van der Waals surface area contributed by atoms with Gasteiger partial charge in [0, 0.05) is 8.95 Å². The predicted molar refractivity (Wildman–Crippen MR) is 77.8 cm³/mol. The highest BCUT2D eigenvalue weighted by molar-refractivity contribution is 9.10. The van der Waals surface area contributed by atoms with Gasteiger partial charge in [0.05, 0.1) is 11.6 Å². The van der Waals surface area contributed by atoms with Crippen LogP contribution in [-0.2, 0) is 0 Å². The van der Waals surface area contributed by atoms with Crippen LogP contribution in [0.5, 0.6) is 11.5 Å². The van der Waals surface area contributed by atoms with Crippen molar-refractivity contribution in [1.29, 1.82) is 5.26 Å². The van der Waals surface area contributed by atoms with E-state index in [1.54, 1.807) is 12.1 Å². The fourth-order valence-electron chi connectivity index (χ4n) is 1.50. The van der Waals surface area contributed by atoms with Gasteiger partial charge >= 0.3 is 0 Å². The van der Waals surface area contributed by atoms with Crippen LogP contribution in [0.4, 0.5) is 0 Å². The largest absolute Gasteiger partial charge is 0.457 e. The first kappa shape index (κ1) is 13.1. The van der Waals surface area contributed by atoms with E-state index in [-0.39, 0.29) is 0 Å².